The SMILES string of the molecule is COC(=O)c1sc(NC(=S)N2CCN(Cc3ccc(Cl)cc3Cl)CC2)c(C(=O)OC)c1C. The molecule has 0 atom stereocenters. The number of thiophene rings is 1. The molecule has 0 unspecified atom stereocenters. The largest absolute Gasteiger partial charge is 0.465 e. The summed E-state index contributed by atoms with van der Waals surface area (Å²) in [6.45, 7) is 5.41. The quantitative estimate of drug-likeness (QED) is 0.462. The van der Waals surface area contributed by atoms with E-state index in [1.165, 1.54) is 14.2 Å². The molecule has 0 saturated carbocycles. The van der Waals surface area contributed by atoms with Crippen LogP contribution in [0.5, 0.6) is 0 Å². The summed E-state index contributed by atoms with van der Waals surface area (Å²) >= 11 is 19.0. The number of nitrogens with one attached hydrogen (secondary N) is 1. The Bertz CT molecular complexity index is 1040. The highest BCUT2D eigenvalue weighted by atomic mass is 35.5. The van der Waals surface area contributed by atoms with E-state index in [0.29, 0.717) is 43.7 Å². The van der Waals surface area contributed by atoms with E-state index in [1.54, 1.807) is 13.0 Å². The van der Waals surface area contributed by atoms with Crippen molar-refractivity contribution in [3.8, 4) is 0 Å². The molecule has 0 spiro atoms. The number of hydrogen-bond donors (Lipinski definition) is 1. The van der Waals surface area contributed by atoms with Crippen LogP contribution in [-0.2, 0) is 16.0 Å². The average molecular weight is 516 g/mol. The molecule has 32 heavy (non-hydrogen) atoms. The van der Waals surface area contributed by atoms with Gasteiger partial charge in [-0.1, -0.05) is 29.3 Å². The van der Waals surface area contributed by atoms with Crippen molar-refractivity contribution in [1.29, 1.82) is 0 Å². The number of nitrogens with zero attached hydrogens (tertiary/aromatic N) is 2. The molecule has 172 valence electrons. The van der Waals surface area contributed by atoms with Crippen LogP contribution >= 0.6 is 46.8 Å². The minimum Gasteiger partial charge on any atom is -0.465 e. The zero-order valence-corrected chi connectivity index (χ0v) is 21.0. The van der Waals surface area contributed by atoms with Crippen molar-refractivity contribution in [3.63, 3.8) is 0 Å². The topological polar surface area (TPSA) is 71.1 Å². The summed E-state index contributed by atoms with van der Waals surface area (Å²) in [5, 5.41) is 5.35. The number of ether oxygens (including phenoxy) is 2. The number of halogens is 2. The van der Waals surface area contributed by atoms with E-state index in [0.717, 1.165) is 36.5 Å². The van der Waals surface area contributed by atoms with Crippen LogP contribution in [0.4, 0.5) is 5.00 Å². The Balaban J connectivity index is 1.66. The van der Waals surface area contributed by atoms with Gasteiger partial charge in [0.15, 0.2) is 5.11 Å². The van der Waals surface area contributed by atoms with Gasteiger partial charge in [-0.2, -0.15) is 0 Å². The smallest absolute Gasteiger partial charge is 0.348 e. The summed E-state index contributed by atoms with van der Waals surface area (Å²) in [5.41, 5.74) is 1.82. The molecule has 2 heterocycles. The predicted molar refractivity (Wildman–Crippen MR) is 131 cm³/mol. The van der Waals surface area contributed by atoms with Crippen molar-refractivity contribution in [3.05, 3.63) is 49.8 Å². The minimum absolute atomic E-state index is 0.288. The van der Waals surface area contributed by atoms with E-state index < -0.39 is 11.9 Å². The van der Waals surface area contributed by atoms with Crippen LogP contribution in [0.1, 0.15) is 31.2 Å². The number of carbonyl (C=O) groups excluding carboxylic acids is 2. The number of methoxy groups -OCH3 is 2. The van der Waals surface area contributed by atoms with Gasteiger partial charge in [0.25, 0.3) is 0 Å². The highest BCUT2D eigenvalue weighted by molar-refractivity contribution is 7.80. The molecule has 0 bridgehead atoms. The fourth-order valence-corrected chi connectivity index (χ4v) is 5.34. The van der Waals surface area contributed by atoms with Crippen LogP contribution in [0, 0.1) is 6.92 Å². The zero-order chi connectivity index (χ0) is 23.4. The molecule has 0 aliphatic carbocycles. The number of carbonyl (C=O) groups is 2. The van der Waals surface area contributed by atoms with E-state index >= 15 is 0 Å². The predicted octanol–water partition coefficient (Wildman–Crippen LogP) is 4.45. The second-order valence-electron chi connectivity index (χ2n) is 7.17. The number of hydrogen-bond acceptors (Lipinski definition) is 7. The van der Waals surface area contributed by atoms with Crippen LogP contribution in [0.2, 0.25) is 10.0 Å². The monoisotopic (exact) mass is 515 g/mol. The molecular weight excluding hydrogens is 493 g/mol. The molecule has 11 heteroatoms. The van der Waals surface area contributed by atoms with Crippen molar-refractivity contribution in [2.24, 2.45) is 0 Å². The fourth-order valence-electron chi connectivity index (χ4n) is 3.41. The lowest BCUT2D eigenvalue weighted by atomic mass is 10.1. The normalized spacial score (nSPS) is 14.2. The molecule has 7 nitrogen and oxygen atoms in total. The molecule has 3 rings (SSSR count). The van der Waals surface area contributed by atoms with E-state index in [4.69, 9.17) is 44.9 Å². The molecule has 0 radical (unpaired) electrons. The summed E-state index contributed by atoms with van der Waals surface area (Å²) in [6.07, 6.45) is 0. The molecule has 1 saturated heterocycles. The van der Waals surface area contributed by atoms with Crippen molar-refractivity contribution in [2.45, 2.75) is 13.5 Å². The second kappa shape index (κ2) is 10.8. The summed E-state index contributed by atoms with van der Waals surface area (Å²) in [7, 11) is 2.60. The molecule has 1 N–H and O–H groups in total. The Morgan fingerprint density at radius 1 is 1.12 bits per heavy atom. The summed E-state index contributed by atoms with van der Waals surface area (Å²) < 4.78 is 9.71. The van der Waals surface area contributed by atoms with Crippen molar-refractivity contribution in [2.75, 3.05) is 45.7 Å². The third-order valence-electron chi connectivity index (χ3n) is 5.20. The Morgan fingerprint density at radius 2 is 1.78 bits per heavy atom. The first kappa shape index (κ1) is 24.7. The van der Waals surface area contributed by atoms with Crippen molar-refractivity contribution >= 4 is 68.8 Å². The number of anilines is 1. The number of benzene rings is 1. The van der Waals surface area contributed by atoms with Gasteiger partial charge >= 0.3 is 11.9 Å². The van der Waals surface area contributed by atoms with Crippen molar-refractivity contribution < 1.29 is 19.1 Å². The lowest BCUT2D eigenvalue weighted by molar-refractivity contribution is 0.0601. The van der Waals surface area contributed by atoms with Gasteiger partial charge in [-0.3, -0.25) is 4.90 Å². The van der Waals surface area contributed by atoms with Crippen LogP contribution in [0.15, 0.2) is 18.2 Å². The summed E-state index contributed by atoms with van der Waals surface area (Å²) in [4.78, 5) is 29.0. The lowest BCUT2D eigenvalue weighted by Gasteiger charge is -2.36. The molecule has 1 aromatic carbocycles. The fraction of sp³-hybridized carbons (Fsp3) is 0.381. The first-order chi connectivity index (χ1) is 15.2. The molecule has 1 aliphatic heterocycles. The number of piperazine rings is 1. The maximum Gasteiger partial charge on any atom is 0.348 e. The number of thiocarbonyl (C=S) groups is 1. The van der Waals surface area contributed by atoms with Gasteiger partial charge in [-0.25, -0.2) is 9.59 Å². The van der Waals surface area contributed by atoms with E-state index in [2.05, 4.69) is 10.2 Å². The number of rotatable bonds is 5. The average Bonchev–Trinajstić information content (AvgIpc) is 3.10. The van der Waals surface area contributed by atoms with E-state index in [1.807, 2.05) is 17.0 Å². The van der Waals surface area contributed by atoms with Gasteiger partial charge < -0.3 is 19.7 Å². The van der Waals surface area contributed by atoms with Crippen LogP contribution in [0.25, 0.3) is 0 Å². The molecule has 1 fully saturated rings. The van der Waals surface area contributed by atoms with Gasteiger partial charge in [0, 0.05) is 42.8 Å². The maximum absolute atomic E-state index is 12.3. The highest BCUT2D eigenvalue weighted by Crippen LogP contribution is 2.34. The molecular formula is C21H23Cl2N3O4S2. The number of esters is 2. The Morgan fingerprint density at radius 3 is 2.38 bits per heavy atom. The first-order valence-corrected chi connectivity index (χ1v) is 11.8. The van der Waals surface area contributed by atoms with Gasteiger partial charge in [0.1, 0.15) is 9.88 Å². The third kappa shape index (κ3) is 5.52. The van der Waals surface area contributed by atoms with Gasteiger partial charge in [-0.05, 0) is 42.4 Å². The Labute approximate surface area is 206 Å². The van der Waals surface area contributed by atoms with E-state index in [-0.39, 0.29) is 5.56 Å². The lowest BCUT2D eigenvalue weighted by Crippen LogP contribution is -2.49. The molecule has 2 aromatic rings. The van der Waals surface area contributed by atoms with Gasteiger partial charge in [0.2, 0.25) is 0 Å². The van der Waals surface area contributed by atoms with E-state index in [9.17, 15) is 9.59 Å². The first-order valence-electron chi connectivity index (χ1n) is 9.77. The third-order valence-corrected chi connectivity index (χ3v) is 7.33. The summed E-state index contributed by atoms with van der Waals surface area (Å²) in [6, 6.07) is 5.52. The molecule has 0 amide bonds. The minimum atomic E-state index is -0.538. The van der Waals surface area contributed by atoms with Gasteiger partial charge in [-0.15, -0.1) is 11.3 Å². The summed E-state index contributed by atoms with van der Waals surface area (Å²) in [5.74, 6) is -1.05. The highest BCUT2D eigenvalue weighted by Gasteiger charge is 2.27. The Hall–Kier alpha value is -1.91. The molecule has 1 aliphatic rings. The molecule has 1 aromatic heterocycles. The van der Waals surface area contributed by atoms with Gasteiger partial charge in [0.05, 0.1) is 19.8 Å². The van der Waals surface area contributed by atoms with Crippen LogP contribution < -0.4 is 5.32 Å². The van der Waals surface area contributed by atoms with Crippen LogP contribution in [0.3, 0.4) is 0 Å². The Kier molecular flexibility index (Phi) is 8.35. The second-order valence-corrected chi connectivity index (χ2v) is 9.42. The maximum atomic E-state index is 12.3. The van der Waals surface area contributed by atoms with Crippen LogP contribution in [-0.4, -0.2) is 67.2 Å². The standard InChI is InChI=1S/C21H23Cl2N3O4S2/c1-12-16(19(27)29-2)18(32-17(12)20(28)30-3)24-21(31)26-8-6-25(7-9-26)11-13-4-5-14(22)10-15(13)23/h4-5,10H,6-9,11H2,1-3H3,(H,24,31). The zero-order valence-electron chi connectivity index (χ0n) is 17.9. The van der Waals surface area contributed by atoms with Crippen molar-refractivity contribution in [1.82, 2.24) is 9.80 Å².